The number of anilines is 2. The van der Waals surface area contributed by atoms with Crippen LogP contribution in [-0.2, 0) is 9.47 Å². The van der Waals surface area contributed by atoms with Crippen molar-refractivity contribution in [1.82, 2.24) is 10.3 Å². The molecular weight excluding hydrogens is 483 g/mol. The first-order chi connectivity index (χ1) is 15.9. The maximum Gasteiger partial charge on any atom is 0.407 e. The van der Waals surface area contributed by atoms with Gasteiger partial charge >= 0.3 is 12.1 Å². The van der Waals surface area contributed by atoms with Crippen molar-refractivity contribution in [3.8, 4) is 0 Å². The predicted molar refractivity (Wildman–Crippen MR) is 131 cm³/mol. The first kappa shape index (κ1) is 25.7. The highest BCUT2D eigenvalue weighted by Gasteiger charge is 2.29. The number of methoxy groups -OCH3 is 1. The van der Waals surface area contributed by atoms with Crippen molar-refractivity contribution in [2.24, 2.45) is 0 Å². The van der Waals surface area contributed by atoms with Gasteiger partial charge in [0.1, 0.15) is 11.3 Å². The molecule has 0 bridgehead atoms. The minimum absolute atomic E-state index is 0.132. The van der Waals surface area contributed by atoms with E-state index in [2.05, 4.69) is 15.6 Å². The summed E-state index contributed by atoms with van der Waals surface area (Å²) in [6.45, 7) is 8.15. The van der Waals surface area contributed by atoms with E-state index in [4.69, 9.17) is 32.7 Å². The molecule has 34 heavy (non-hydrogen) atoms. The van der Waals surface area contributed by atoms with Gasteiger partial charge in [0.05, 0.1) is 40.1 Å². The number of rotatable bonds is 5. The number of hydrogen-bond donors (Lipinski definition) is 3. The molecule has 1 saturated heterocycles. The van der Waals surface area contributed by atoms with Crippen LogP contribution < -0.4 is 15.5 Å². The molecule has 2 amide bonds. The number of esters is 1. The summed E-state index contributed by atoms with van der Waals surface area (Å²) in [6.07, 6.45) is 0.164. The zero-order valence-electron chi connectivity index (χ0n) is 19.7. The Morgan fingerprint density at radius 3 is 2.47 bits per heavy atom. The van der Waals surface area contributed by atoms with Crippen molar-refractivity contribution in [3.05, 3.63) is 45.2 Å². The molecule has 1 aliphatic heterocycles. The van der Waals surface area contributed by atoms with Crippen molar-refractivity contribution in [1.29, 1.82) is 0 Å². The van der Waals surface area contributed by atoms with E-state index in [1.54, 1.807) is 45.9 Å². The molecule has 1 aromatic heterocycles. The molecule has 1 aromatic carbocycles. The number of carbonyl (C=O) groups is 3. The summed E-state index contributed by atoms with van der Waals surface area (Å²) in [6, 6.07) is 4.66. The number of aryl methyl sites for hydroxylation is 1. The average molecular weight is 511 g/mol. The number of nitrogens with one attached hydrogen (secondary N) is 3. The number of aromatic amines is 1. The number of ether oxygens (including phenoxy) is 2. The summed E-state index contributed by atoms with van der Waals surface area (Å²) in [5.41, 5.74) is 1.52. The highest BCUT2D eigenvalue weighted by molar-refractivity contribution is 6.44. The van der Waals surface area contributed by atoms with Gasteiger partial charge in [-0.1, -0.05) is 23.2 Å². The van der Waals surface area contributed by atoms with Crippen LogP contribution >= 0.6 is 23.2 Å². The van der Waals surface area contributed by atoms with Gasteiger partial charge in [-0.2, -0.15) is 0 Å². The van der Waals surface area contributed by atoms with E-state index in [-0.39, 0.29) is 21.8 Å². The Bertz CT molecular complexity index is 1110. The van der Waals surface area contributed by atoms with E-state index in [1.165, 1.54) is 7.11 Å². The smallest absolute Gasteiger partial charge is 0.407 e. The summed E-state index contributed by atoms with van der Waals surface area (Å²) in [5.74, 6) is -0.980. The van der Waals surface area contributed by atoms with Crippen LogP contribution in [0.2, 0.25) is 10.0 Å². The number of carbonyl (C=O) groups excluding carboxylic acids is 3. The molecule has 9 nitrogen and oxygen atoms in total. The molecule has 2 aromatic rings. The highest BCUT2D eigenvalue weighted by atomic mass is 35.5. The predicted octanol–water partition coefficient (Wildman–Crippen LogP) is 4.77. The zero-order valence-corrected chi connectivity index (χ0v) is 21.2. The number of halogens is 2. The normalized spacial score (nSPS) is 15.7. The van der Waals surface area contributed by atoms with Crippen molar-refractivity contribution in [2.45, 2.75) is 45.8 Å². The first-order valence-corrected chi connectivity index (χ1v) is 11.5. The Kier molecular flexibility index (Phi) is 7.67. The van der Waals surface area contributed by atoms with Gasteiger partial charge in [0, 0.05) is 18.8 Å². The first-order valence-electron chi connectivity index (χ1n) is 10.7. The largest absolute Gasteiger partial charge is 0.465 e. The molecule has 3 rings (SSSR count). The molecule has 0 radical (unpaired) electrons. The summed E-state index contributed by atoms with van der Waals surface area (Å²) in [7, 11) is 1.30. The molecule has 0 aliphatic carbocycles. The van der Waals surface area contributed by atoms with Crippen LogP contribution in [0.25, 0.3) is 0 Å². The monoisotopic (exact) mass is 510 g/mol. The summed E-state index contributed by atoms with van der Waals surface area (Å²) >= 11 is 12.3. The molecule has 0 unspecified atom stereocenters. The summed E-state index contributed by atoms with van der Waals surface area (Å²) in [5, 5.41) is 6.12. The zero-order chi connectivity index (χ0) is 25.2. The summed E-state index contributed by atoms with van der Waals surface area (Å²) < 4.78 is 10.2. The lowest BCUT2D eigenvalue weighted by molar-refractivity contribution is 0.0508. The van der Waals surface area contributed by atoms with Crippen LogP contribution in [0.5, 0.6) is 0 Å². The number of amides is 2. The van der Waals surface area contributed by atoms with Gasteiger partial charge in [-0.05, 0) is 52.3 Å². The highest BCUT2D eigenvalue weighted by Crippen LogP contribution is 2.33. The lowest BCUT2D eigenvalue weighted by Crippen LogP contribution is -2.40. The molecule has 2 heterocycles. The lowest BCUT2D eigenvalue weighted by Gasteiger charge is -2.24. The fraction of sp³-hybridized carbons (Fsp3) is 0.435. The van der Waals surface area contributed by atoms with Crippen LogP contribution in [-0.4, -0.2) is 54.8 Å². The van der Waals surface area contributed by atoms with E-state index >= 15 is 0 Å². The fourth-order valence-electron chi connectivity index (χ4n) is 3.63. The Labute approximate surface area is 208 Å². The lowest BCUT2D eigenvalue weighted by atomic mass is 10.1. The Balaban J connectivity index is 1.83. The van der Waals surface area contributed by atoms with Crippen LogP contribution in [0.15, 0.2) is 18.2 Å². The molecule has 184 valence electrons. The molecule has 1 aliphatic rings. The van der Waals surface area contributed by atoms with Crippen molar-refractivity contribution < 1.29 is 23.9 Å². The van der Waals surface area contributed by atoms with E-state index < -0.39 is 23.6 Å². The van der Waals surface area contributed by atoms with Crippen molar-refractivity contribution in [2.75, 3.05) is 30.4 Å². The molecule has 0 spiro atoms. The minimum atomic E-state index is -0.602. The summed E-state index contributed by atoms with van der Waals surface area (Å²) in [4.78, 5) is 42.1. The second kappa shape index (κ2) is 10.1. The Morgan fingerprint density at radius 2 is 1.88 bits per heavy atom. The van der Waals surface area contributed by atoms with Crippen LogP contribution in [0.3, 0.4) is 0 Å². The molecule has 1 fully saturated rings. The second-order valence-corrected chi connectivity index (χ2v) is 9.76. The number of nitrogens with zero attached hydrogens (tertiary/aromatic N) is 1. The van der Waals surface area contributed by atoms with Crippen LogP contribution in [0, 0.1) is 6.92 Å². The van der Waals surface area contributed by atoms with E-state index in [9.17, 15) is 14.4 Å². The molecule has 3 N–H and O–H groups in total. The number of H-pyrrole nitrogens is 1. The van der Waals surface area contributed by atoms with E-state index in [0.717, 1.165) is 0 Å². The number of benzene rings is 1. The van der Waals surface area contributed by atoms with Gasteiger partial charge in [0.15, 0.2) is 0 Å². The van der Waals surface area contributed by atoms with Gasteiger partial charge < -0.3 is 30.0 Å². The fourth-order valence-corrected chi connectivity index (χ4v) is 4.04. The Hall–Kier alpha value is -2.91. The quantitative estimate of drug-likeness (QED) is 0.499. The van der Waals surface area contributed by atoms with Gasteiger partial charge in [0.25, 0.3) is 5.91 Å². The second-order valence-electron chi connectivity index (χ2n) is 9.01. The number of hydrogen-bond acceptors (Lipinski definition) is 6. The third-order valence-electron chi connectivity index (χ3n) is 5.20. The third-order valence-corrected chi connectivity index (χ3v) is 6.14. The Morgan fingerprint density at radius 1 is 1.18 bits per heavy atom. The molecular formula is C23H28Cl2N4O5. The number of aromatic nitrogens is 1. The molecule has 1 atom stereocenters. The third kappa shape index (κ3) is 5.95. The SMILES string of the molecule is COC(=O)c1ccc(NC(=O)c2[nH]c(C)c(Cl)c2Cl)c(N2CC[C@H](NC(=O)OC(C)(C)C)C2)c1. The standard InChI is InChI=1S/C23H28Cl2N4O5/c1-12-17(24)18(25)19(26-12)20(30)28-15-7-6-13(21(31)33-5)10-16(15)29-9-8-14(11-29)27-22(32)34-23(2,3)4/h6-7,10,14,26H,8-9,11H2,1-5H3,(H,27,32)(H,28,30)/t14-/m0/s1. The maximum atomic E-state index is 12.9. The topological polar surface area (TPSA) is 113 Å². The average Bonchev–Trinajstić information content (AvgIpc) is 3.31. The molecule has 0 saturated carbocycles. The van der Waals surface area contributed by atoms with E-state index in [1.807, 2.05) is 4.90 Å². The van der Waals surface area contributed by atoms with Crippen LogP contribution in [0.4, 0.5) is 16.2 Å². The van der Waals surface area contributed by atoms with E-state index in [0.29, 0.717) is 42.1 Å². The van der Waals surface area contributed by atoms with Crippen LogP contribution in [0.1, 0.15) is 53.7 Å². The molecule has 11 heteroatoms. The van der Waals surface area contributed by atoms with Crippen molar-refractivity contribution in [3.63, 3.8) is 0 Å². The van der Waals surface area contributed by atoms with Gasteiger partial charge in [-0.15, -0.1) is 0 Å². The van der Waals surface area contributed by atoms with Gasteiger partial charge in [-0.25, -0.2) is 9.59 Å². The van der Waals surface area contributed by atoms with Crippen molar-refractivity contribution >= 4 is 52.5 Å². The van der Waals surface area contributed by atoms with Gasteiger partial charge in [0.2, 0.25) is 0 Å². The van der Waals surface area contributed by atoms with Gasteiger partial charge in [-0.3, -0.25) is 4.79 Å². The number of alkyl carbamates (subject to hydrolysis) is 1. The maximum absolute atomic E-state index is 12.9. The minimum Gasteiger partial charge on any atom is -0.465 e.